The van der Waals surface area contributed by atoms with Crippen LogP contribution in [0.4, 0.5) is 0 Å². The van der Waals surface area contributed by atoms with E-state index in [1.165, 1.54) is 11.5 Å². The lowest BCUT2D eigenvalue weighted by molar-refractivity contribution is 0.353. The molecular weight excluding hydrogens is 296 g/mol. The highest BCUT2D eigenvalue weighted by Gasteiger charge is 2.15. The van der Waals surface area contributed by atoms with Crippen LogP contribution < -0.4 is 9.47 Å². The number of aromatic nitrogens is 2. The standard InChI is InChI=1S/C17H16N2O2S/c1-11-7-13(8-15(20-2)17(11)21-3)16-14(10-22-19-16)12-5-4-6-18-9-12/h4-10H,1-3H3. The van der Waals surface area contributed by atoms with Gasteiger partial charge >= 0.3 is 0 Å². The Kier molecular flexibility index (Phi) is 4.06. The average Bonchev–Trinajstić information content (AvgIpc) is 3.04. The van der Waals surface area contributed by atoms with Gasteiger partial charge in [0, 0.05) is 34.5 Å². The normalized spacial score (nSPS) is 10.5. The molecule has 0 atom stereocenters. The fourth-order valence-corrected chi connectivity index (χ4v) is 3.18. The maximum atomic E-state index is 5.44. The Morgan fingerprint density at radius 2 is 1.95 bits per heavy atom. The summed E-state index contributed by atoms with van der Waals surface area (Å²) in [5, 5.41) is 2.04. The summed E-state index contributed by atoms with van der Waals surface area (Å²) in [6.07, 6.45) is 3.62. The molecule has 5 heteroatoms. The minimum absolute atomic E-state index is 0.711. The van der Waals surface area contributed by atoms with Gasteiger partial charge < -0.3 is 9.47 Å². The van der Waals surface area contributed by atoms with Crippen molar-refractivity contribution in [3.05, 3.63) is 47.6 Å². The van der Waals surface area contributed by atoms with Crippen molar-refractivity contribution in [2.45, 2.75) is 6.92 Å². The molecule has 0 saturated heterocycles. The Morgan fingerprint density at radius 3 is 2.64 bits per heavy atom. The summed E-state index contributed by atoms with van der Waals surface area (Å²) in [6.45, 7) is 2.00. The zero-order valence-corrected chi connectivity index (χ0v) is 13.5. The van der Waals surface area contributed by atoms with E-state index in [1.54, 1.807) is 20.4 Å². The van der Waals surface area contributed by atoms with Crippen molar-refractivity contribution >= 4 is 11.5 Å². The van der Waals surface area contributed by atoms with Crippen LogP contribution in [-0.2, 0) is 0 Å². The maximum Gasteiger partial charge on any atom is 0.163 e. The summed E-state index contributed by atoms with van der Waals surface area (Å²) in [7, 11) is 3.29. The lowest BCUT2D eigenvalue weighted by Gasteiger charge is -2.12. The second kappa shape index (κ2) is 6.15. The lowest BCUT2D eigenvalue weighted by Crippen LogP contribution is -1.94. The van der Waals surface area contributed by atoms with Crippen LogP contribution in [-0.4, -0.2) is 23.6 Å². The predicted octanol–water partition coefficient (Wildman–Crippen LogP) is 4.20. The molecule has 0 unspecified atom stereocenters. The van der Waals surface area contributed by atoms with Gasteiger partial charge in [-0.15, -0.1) is 0 Å². The van der Waals surface area contributed by atoms with Crippen molar-refractivity contribution in [1.29, 1.82) is 0 Å². The Bertz CT molecular complexity index is 785. The van der Waals surface area contributed by atoms with Crippen molar-refractivity contribution in [2.75, 3.05) is 14.2 Å². The zero-order valence-electron chi connectivity index (χ0n) is 12.7. The molecule has 112 valence electrons. The molecule has 2 aromatic heterocycles. The first kappa shape index (κ1) is 14.5. The molecule has 0 bridgehead atoms. The second-order valence-electron chi connectivity index (χ2n) is 4.85. The van der Waals surface area contributed by atoms with Gasteiger partial charge in [0.1, 0.15) is 0 Å². The summed E-state index contributed by atoms with van der Waals surface area (Å²) in [4.78, 5) is 4.19. The van der Waals surface area contributed by atoms with Crippen molar-refractivity contribution in [3.8, 4) is 33.9 Å². The third-order valence-corrected chi connectivity index (χ3v) is 4.11. The highest BCUT2D eigenvalue weighted by Crippen LogP contribution is 2.39. The van der Waals surface area contributed by atoms with E-state index in [4.69, 9.17) is 9.47 Å². The molecule has 0 saturated carbocycles. The highest BCUT2D eigenvalue weighted by atomic mass is 32.1. The monoisotopic (exact) mass is 312 g/mol. The van der Waals surface area contributed by atoms with Crippen molar-refractivity contribution in [2.24, 2.45) is 0 Å². The van der Waals surface area contributed by atoms with Crippen LogP contribution in [0.1, 0.15) is 5.56 Å². The number of benzene rings is 1. The summed E-state index contributed by atoms with van der Waals surface area (Å²) < 4.78 is 15.4. The molecule has 4 nitrogen and oxygen atoms in total. The fraction of sp³-hybridized carbons (Fsp3) is 0.176. The van der Waals surface area contributed by atoms with Crippen LogP contribution in [0.5, 0.6) is 11.5 Å². The number of rotatable bonds is 4. The van der Waals surface area contributed by atoms with Crippen LogP contribution in [0.25, 0.3) is 22.4 Å². The van der Waals surface area contributed by atoms with E-state index in [0.29, 0.717) is 5.75 Å². The van der Waals surface area contributed by atoms with Crippen LogP contribution in [0.2, 0.25) is 0 Å². The summed E-state index contributed by atoms with van der Waals surface area (Å²) in [5.74, 6) is 1.46. The number of pyridine rings is 1. The van der Waals surface area contributed by atoms with Gasteiger partial charge in [0.25, 0.3) is 0 Å². The van der Waals surface area contributed by atoms with Gasteiger partial charge in [0.2, 0.25) is 0 Å². The summed E-state index contributed by atoms with van der Waals surface area (Å²) in [6, 6.07) is 7.99. The third-order valence-electron chi connectivity index (χ3n) is 3.48. The molecule has 0 N–H and O–H groups in total. The van der Waals surface area contributed by atoms with Crippen molar-refractivity contribution < 1.29 is 9.47 Å². The first-order valence-electron chi connectivity index (χ1n) is 6.82. The molecule has 2 heterocycles. The summed E-state index contributed by atoms with van der Waals surface area (Å²) >= 11 is 1.44. The van der Waals surface area contributed by atoms with Gasteiger partial charge in [-0.3, -0.25) is 4.98 Å². The van der Waals surface area contributed by atoms with Gasteiger partial charge in [-0.2, -0.15) is 4.37 Å². The molecule has 3 rings (SSSR count). The Hall–Kier alpha value is -2.40. The number of ether oxygens (including phenoxy) is 2. The van der Waals surface area contributed by atoms with Crippen LogP contribution in [0.3, 0.4) is 0 Å². The molecule has 1 aromatic carbocycles. The van der Waals surface area contributed by atoms with Gasteiger partial charge in [-0.1, -0.05) is 6.07 Å². The quantitative estimate of drug-likeness (QED) is 0.724. The molecule has 0 amide bonds. The first-order chi connectivity index (χ1) is 10.7. The molecule has 0 aliphatic heterocycles. The van der Waals surface area contributed by atoms with Crippen LogP contribution in [0.15, 0.2) is 42.0 Å². The highest BCUT2D eigenvalue weighted by molar-refractivity contribution is 7.04. The molecule has 3 aromatic rings. The van der Waals surface area contributed by atoms with Gasteiger partial charge in [-0.05, 0) is 42.2 Å². The molecule has 0 aliphatic carbocycles. The summed E-state index contributed by atoms with van der Waals surface area (Å²) in [5.41, 5.74) is 5.09. The van der Waals surface area contributed by atoms with Crippen molar-refractivity contribution in [1.82, 2.24) is 9.36 Å². The van der Waals surface area contributed by atoms with E-state index in [-0.39, 0.29) is 0 Å². The molecule has 22 heavy (non-hydrogen) atoms. The molecule has 0 aliphatic rings. The average molecular weight is 312 g/mol. The topological polar surface area (TPSA) is 44.2 Å². The van der Waals surface area contributed by atoms with Crippen molar-refractivity contribution in [3.63, 3.8) is 0 Å². The second-order valence-corrected chi connectivity index (χ2v) is 5.48. The number of methoxy groups -OCH3 is 2. The third kappa shape index (κ3) is 2.55. The lowest BCUT2D eigenvalue weighted by atomic mass is 10.0. The van der Waals surface area contributed by atoms with Gasteiger partial charge in [0.05, 0.1) is 19.9 Å². The predicted molar refractivity (Wildman–Crippen MR) is 88.6 cm³/mol. The Balaban J connectivity index is 2.14. The smallest absolute Gasteiger partial charge is 0.163 e. The minimum atomic E-state index is 0.711. The first-order valence-corrected chi connectivity index (χ1v) is 7.66. The maximum absolute atomic E-state index is 5.44. The van der Waals surface area contributed by atoms with E-state index >= 15 is 0 Å². The van der Waals surface area contributed by atoms with E-state index in [9.17, 15) is 0 Å². The number of nitrogens with zero attached hydrogens (tertiary/aromatic N) is 2. The Morgan fingerprint density at radius 1 is 1.09 bits per heavy atom. The molecule has 0 radical (unpaired) electrons. The largest absolute Gasteiger partial charge is 0.493 e. The molecular formula is C17H16N2O2S. The molecule has 0 spiro atoms. The number of hydrogen-bond donors (Lipinski definition) is 0. The number of hydrogen-bond acceptors (Lipinski definition) is 5. The number of aryl methyl sites for hydroxylation is 1. The van der Waals surface area contributed by atoms with E-state index in [0.717, 1.165) is 33.7 Å². The van der Waals surface area contributed by atoms with E-state index in [1.807, 2.05) is 36.7 Å². The van der Waals surface area contributed by atoms with Crippen LogP contribution >= 0.6 is 11.5 Å². The molecule has 0 fully saturated rings. The SMILES string of the molecule is COc1cc(-c2nscc2-c2cccnc2)cc(C)c1OC. The van der Waals surface area contributed by atoms with Gasteiger partial charge in [-0.25, -0.2) is 0 Å². The van der Waals surface area contributed by atoms with Gasteiger partial charge in [0.15, 0.2) is 11.5 Å². The minimum Gasteiger partial charge on any atom is -0.493 e. The zero-order chi connectivity index (χ0) is 15.5. The van der Waals surface area contributed by atoms with E-state index in [2.05, 4.69) is 15.4 Å². The fourth-order valence-electron chi connectivity index (χ4n) is 2.46. The Labute approximate surface area is 133 Å². The van der Waals surface area contributed by atoms with Crippen LogP contribution in [0, 0.1) is 6.92 Å². The van der Waals surface area contributed by atoms with E-state index < -0.39 is 0 Å².